The van der Waals surface area contributed by atoms with E-state index in [-0.39, 0.29) is 17.8 Å². The Bertz CT molecular complexity index is 1630. The average molecular weight is 615 g/mol. The van der Waals surface area contributed by atoms with Crippen molar-refractivity contribution in [3.63, 3.8) is 0 Å². The van der Waals surface area contributed by atoms with Gasteiger partial charge in [-0.25, -0.2) is 9.59 Å². The first-order valence-corrected chi connectivity index (χ1v) is 13.6. The quantitative estimate of drug-likeness (QED) is 0.0821. The molecule has 4 rings (SSSR count). The second-order valence-electron chi connectivity index (χ2n) is 10.3. The molecule has 1 fully saturated rings. The first kappa shape index (κ1) is 31.9. The number of nitrogens with one attached hydrogen (secondary N) is 4. The van der Waals surface area contributed by atoms with Crippen molar-refractivity contribution in [2.75, 3.05) is 6.54 Å². The number of nitrogen functional groups attached to an aromatic ring is 1. The molecule has 3 atom stereocenters. The summed E-state index contributed by atoms with van der Waals surface area (Å²) in [7, 11) is 0. The van der Waals surface area contributed by atoms with Crippen molar-refractivity contribution in [1.82, 2.24) is 20.9 Å². The van der Waals surface area contributed by atoms with E-state index in [0.29, 0.717) is 21.6 Å². The van der Waals surface area contributed by atoms with E-state index in [1.54, 1.807) is 60.7 Å². The molecule has 3 aromatic carbocycles. The number of imide groups is 1. The molecule has 232 valence electrons. The predicted molar refractivity (Wildman–Crippen MR) is 159 cm³/mol. The summed E-state index contributed by atoms with van der Waals surface area (Å²) in [6, 6.07) is 18.4. The van der Waals surface area contributed by atoms with Gasteiger partial charge in [0.05, 0.1) is 6.42 Å². The number of hydrogen-bond acceptors (Lipinski definition) is 7. The van der Waals surface area contributed by atoms with E-state index in [1.807, 2.05) is 0 Å². The van der Waals surface area contributed by atoms with Crippen LogP contribution in [0.3, 0.4) is 0 Å². The predicted octanol–water partition coefficient (Wildman–Crippen LogP) is 0.862. The number of carboxylic acid groups (broad SMARTS) is 2. The third-order valence-corrected chi connectivity index (χ3v) is 7.18. The van der Waals surface area contributed by atoms with Crippen LogP contribution < -0.4 is 21.7 Å². The highest BCUT2D eigenvalue weighted by Gasteiger charge is 2.53. The molecule has 0 saturated carbocycles. The van der Waals surface area contributed by atoms with E-state index in [0.717, 1.165) is 0 Å². The Hall–Kier alpha value is -6.05. The number of benzene rings is 3. The summed E-state index contributed by atoms with van der Waals surface area (Å²) < 4.78 is 0. The Balaban J connectivity index is 1.56. The van der Waals surface area contributed by atoms with Gasteiger partial charge in [-0.15, -0.1) is 0 Å². The van der Waals surface area contributed by atoms with Crippen LogP contribution >= 0.6 is 0 Å². The molecule has 3 aromatic rings. The number of carbonyl (C=O) groups excluding carboxylic acids is 4. The number of urea groups is 1. The third kappa shape index (κ3) is 7.30. The second kappa shape index (κ2) is 13.5. The van der Waals surface area contributed by atoms with Crippen LogP contribution in [0.15, 0.2) is 84.9 Å². The average Bonchev–Trinajstić information content (AvgIpc) is 3.24. The van der Waals surface area contributed by atoms with Gasteiger partial charge in [0.15, 0.2) is 11.6 Å². The van der Waals surface area contributed by atoms with Gasteiger partial charge in [0, 0.05) is 12.0 Å². The highest BCUT2D eigenvalue weighted by Crippen LogP contribution is 2.33. The fraction of sp³-hybridized carbons (Fsp3) is 0.194. The summed E-state index contributed by atoms with van der Waals surface area (Å²) in [4.78, 5) is 77.2. The van der Waals surface area contributed by atoms with Gasteiger partial charge in [-0.2, -0.15) is 0 Å². The van der Waals surface area contributed by atoms with Crippen molar-refractivity contribution in [3.8, 4) is 0 Å². The van der Waals surface area contributed by atoms with Crippen molar-refractivity contribution in [2.45, 2.75) is 30.5 Å². The van der Waals surface area contributed by atoms with E-state index in [2.05, 4.69) is 16.0 Å². The Morgan fingerprint density at radius 3 is 2.04 bits per heavy atom. The van der Waals surface area contributed by atoms with Crippen molar-refractivity contribution in [1.29, 1.82) is 5.41 Å². The summed E-state index contributed by atoms with van der Waals surface area (Å²) in [6.45, 7) is -0.864. The molecule has 5 amide bonds. The van der Waals surface area contributed by atoms with Crippen molar-refractivity contribution >= 4 is 41.5 Å². The fourth-order valence-corrected chi connectivity index (χ4v) is 4.97. The highest BCUT2D eigenvalue weighted by molar-refractivity contribution is 6.10. The maximum atomic E-state index is 13.9. The Labute approximate surface area is 256 Å². The molecule has 1 aliphatic heterocycles. The van der Waals surface area contributed by atoms with E-state index >= 15 is 0 Å². The molecule has 1 unspecified atom stereocenters. The van der Waals surface area contributed by atoms with Gasteiger partial charge in [0.25, 0.3) is 5.91 Å². The van der Waals surface area contributed by atoms with Gasteiger partial charge in [-0.1, -0.05) is 84.9 Å². The van der Waals surface area contributed by atoms with Crippen LogP contribution in [-0.4, -0.2) is 69.2 Å². The lowest BCUT2D eigenvalue weighted by atomic mass is 9.83. The molecular weight excluding hydrogens is 584 g/mol. The number of amides is 5. The van der Waals surface area contributed by atoms with Crippen molar-refractivity contribution < 1.29 is 39.0 Å². The first-order valence-electron chi connectivity index (χ1n) is 13.6. The summed E-state index contributed by atoms with van der Waals surface area (Å²) in [5.41, 5.74) is 5.58. The number of rotatable bonds is 13. The molecular formula is C31H30N6O8. The lowest BCUT2D eigenvalue weighted by Gasteiger charge is -2.28. The standard InChI is InChI=1S/C31H30N6O8/c32-26(33)20-11-13-21(14-12-20)31(16-18-7-3-1-4-8-18)29(44)37(30(45)36-31)17-23(38)34-22(15-24(39)40)27(41)35-25(28(42)43)19-9-5-2-6-10-19/h1-14,22,25H,15-17H2,(H3,32,33)(H,34,38)(H,35,41)(H,36,45)(H,39,40)(H,42,43)/t22-,25-,31?/m0/s1. The molecule has 8 N–H and O–H groups in total. The summed E-state index contributed by atoms with van der Waals surface area (Å²) in [5.74, 6) is -5.99. The summed E-state index contributed by atoms with van der Waals surface area (Å²) >= 11 is 0. The molecule has 1 heterocycles. The lowest BCUT2D eigenvalue weighted by Crippen LogP contribution is -2.52. The van der Waals surface area contributed by atoms with Crippen LogP contribution in [0.2, 0.25) is 0 Å². The Morgan fingerprint density at radius 2 is 1.49 bits per heavy atom. The van der Waals surface area contributed by atoms with Gasteiger partial charge < -0.3 is 31.9 Å². The zero-order chi connectivity index (χ0) is 32.7. The molecule has 14 heteroatoms. The zero-order valence-electron chi connectivity index (χ0n) is 23.7. The SMILES string of the molecule is N=C(N)c1ccc(C2(Cc3ccccc3)NC(=O)N(CC(=O)N[C@@H](CC(=O)O)C(=O)N[C@H](C(=O)O)c3ccccc3)C2=O)cc1. The number of carboxylic acids is 2. The van der Waals surface area contributed by atoms with Crippen LogP contribution in [0.4, 0.5) is 4.79 Å². The van der Waals surface area contributed by atoms with Gasteiger partial charge in [-0.3, -0.25) is 29.5 Å². The van der Waals surface area contributed by atoms with Crippen molar-refractivity contribution in [2.24, 2.45) is 5.73 Å². The molecule has 0 radical (unpaired) electrons. The smallest absolute Gasteiger partial charge is 0.330 e. The maximum Gasteiger partial charge on any atom is 0.330 e. The van der Waals surface area contributed by atoms with Crippen LogP contribution in [0.25, 0.3) is 0 Å². The zero-order valence-corrected chi connectivity index (χ0v) is 23.7. The number of nitrogens with zero attached hydrogens (tertiary/aromatic N) is 1. The molecule has 0 aromatic heterocycles. The number of amidine groups is 1. The second-order valence-corrected chi connectivity index (χ2v) is 10.3. The minimum atomic E-state index is -1.73. The molecule has 0 spiro atoms. The van der Waals surface area contributed by atoms with Crippen LogP contribution in [-0.2, 0) is 35.9 Å². The van der Waals surface area contributed by atoms with Crippen LogP contribution in [0.5, 0.6) is 0 Å². The fourth-order valence-electron chi connectivity index (χ4n) is 4.97. The minimum Gasteiger partial charge on any atom is -0.481 e. The van der Waals surface area contributed by atoms with Crippen molar-refractivity contribution in [3.05, 3.63) is 107 Å². The third-order valence-electron chi connectivity index (χ3n) is 7.18. The number of hydrogen-bond donors (Lipinski definition) is 7. The number of carbonyl (C=O) groups is 6. The Kier molecular flexibility index (Phi) is 9.56. The largest absolute Gasteiger partial charge is 0.481 e. The molecule has 45 heavy (non-hydrogen) atoms. The van der Waals surface area contributed by atoms with Crippen LogP contribution in [0, 0.1) is 5.41 Å². The number of aliphatic carboxylic acids is 2. The molecule has 0 aliphatic carbocycles. The monoisotopic (exact) mass is 614 g/mol. The number of nitrogens with two attached hydrogens (primary N) is 1. The minimum absolute atomic E-state index is 0.00998. The Morgan fingerprint density at radius 1 is 0.889 bits per heavy atom. The lowest BCUT2D eigenvalue weighted by molar-refractivity contribution is -0.144. The van der Waals surface area contributed by atoms with E-state index in [1.165, 1.54) is 24.3 Å². The van der Waals surface area contributed by atoms with Crippen LogP contribution in [0.1, 0.15) is 34.7 Å². The van der Waals surface area contributed by atoms with Gasteiger partial charge >= 0.3 is 18.0 Å². The molecule has 14 nitrogen and oxygen atoms in total. The molecule has 1 saturated heterocycles. The highest BCUT2D eigenvalue weighted by atomic mass is 16.4. The van der Waals surface area contributed by atoms with Gasteiger partial charge in [0.1, 0.15) is 18.4 Å². The van der Waals surface area contributed by atoms with E-state index in [9.17, 15) is 39.0 Å². The normalized spacial score (nSPS) is 17.1. The molecule has 0 bridgehead atoms. The molecule has 1 aliphatic rings. The van der Waals surface area contributed by atoms with Gasteiger partial charge in [-0.05, 0) is 16.7 Å². The summed E-state index contributed by atoms with van der Waals surface area (Å²) in [5, 5.41) is 33.8. The van der Waals surface area contributed by atoms with E-state index in [4.69, 9.17) is 11.1 Å². The van der Waals surface area contributed by atoms with E-state index < -0.39 is 66.3 Å². The van der Waals surface area contributed by atoms with Gasteiger partial charge in [0.2, 0.25) is 11.8 Å². The maximum absolute atomic E-state index is 13.9. The summed E-state index contributed by atoms with van der Waals surface area (Å²) in [6.07, 6.45) is -0.894. The first-order chi connectivity index (χ1) is 21.4. The topological polar surface area (TPSA) is 232 Å².